The zero-order valence-corrected chi connectivity index (χ0v) is 32.3. The van der Waals surface area contributed by atoms with Crippen LogP contribution in [0.4, 0.5) is 8.78 Å². The van der Waals surface area contributed by atoms with Gasteiger partial charge in [0, 0.05) is 30.5 Å². The summed E-state index contributed by atoms with van der Waals surface area (Å²) in [4.78, 5) is 48.2. The van der Waals surface area contributed by atoms with Crippen molar-refractivity contribution in [3.05, 3.63) is 118 Å². The van der Waals surface area contributed by atoms with Gasteiger partial charge in [0.15, 0.2) is 18.4 Å². The van der Waals surface area contributed by atoms with Gasteiger partial charge in [0.1, 0.15) is 23.0 Å². The predicted octanol–water partition coefficient (Wildman–Crippen LogP) is 7.73. The molecule has 9 nitrogen and oxygen atoms in total. The van der Waals surface area contributed by atoms with Gasteiger partial charge in [0.2, 0.25) is 0 Å². The first-order valence-electron chi connectivity index (χ1n) is 18.8. The molecule has 0 saturated carbocycles. The first-order valence-corrected chi connectivity index (χ1v) is 18.8. The Hall–Kier alpha value is -4.74. The second kappa shape index (κ2) is 17.0. The number of fused-ring (bicyclic) bond motifs is 2. The van der Waals surface area contributed by atoms with Crippen molar-refractivity contribution in [2.75, 3.05) is 20.4 Å². The van der Waals surface area contributed by atoms with Crippen LogP contribution in [0.25, 0.3) is 0 Å². The van der Waals surface area contributed by atoms with Crippen molar-refractivity contribution in [2.24, 2.45) is 23.7 Å². The summed E-state index contributed by atoms with van der Waals surface area (Å²) in [5, 5.41) is 11.9. The van der Waals surface area contributed by atoms with Crippen LogP contribution in [-0.4, -0.2) is 60.2 Å². The van der Waals surface area contributed by atoms with Gasteiger partial charge in [-0.15, -0.1) is 13.2 Å². The number of hydrogen-bond acceptors (Lipinski definition) is 7. The molecule has 55 heavy (non-hydrogen) atoms. The smallest absolute Gasteiger partial charge is 0.335 e. The molecule has 6 atom stereocenters. The molecule has 0 unspecified atom stereocenters. The maximum absolute atomic E-state index is 14.7. The van der Waals surface area contributed by atoms with Crippen molar-refractivity contribution >= 4 is 23.4 Å². The van der Waals surface area contributed by atoms with Crippen molar-refractivity contribution in [1.29, 1.82) is 0 Å². The van der Waals surface area contributed by atoms with Crippen LogP contribution in [0.15, 0.2) is 73.1 Å². The van der Waals surface area contributed by atoms with E-state index in [0.717, 1.165) is 12.0 Å². The van der Waals surface area contributed by atoms with Gasteiger partial charge < -0.3 is 24.6 Å². The van der Waals surface area contributed by atoms with Gasteiger partial charge in [-0.05, 0) is 129 Å². The van der Waals surface area contributed by atoms with Crippen LogP contribution < -0.4 is 5.32 Å². The predicted molar refractivity (Wildman–Crippen MR) is 203 cm³/mol. The summed E-state index contributed by atoms with van der Waals surface area (Å²) in [5.41, 5.74) is 2.01. The van der Waals surface area contributed by atoms with E-state index in [1.807, 2.05) is 13.8 Å². The average molecular weight is 760 g/mol. The summed E-state index contributed by atoms with van der Waals surface area (Å²) < 4.78 is 46.8. The van der Waals surface area contributed by atoms with Gasteiger partial charge in [0.25, 0.3) is 5.91 Å². The minimum absolute atomic E-state index is 0.0205. The fourth-order valence-electron chi connectivity index (χ4n) is 8.61. The van der Waals surface area contributed by atoms with Crippen LogP contribution in [0.2, 0.25) is 0 Å². The molecule has 0 spiro atoms. The second-order valence-electron chi connectivity index (χ2n) is 15.2. The molecule has 2 aromatic carbocycles. The van der Waals surface area contributed by atoms with Gasteiger partial charge in [-0.1, -0.05) is 26.0 Å². The number of ether oxygens (including phenoxy) is 3. The molecule has 2 aromatic rings. The summed E-state index contributed by atoms with van der Waals surface area (Å²) in [6.07, 6.45) is 10.3. The number of benzene rings is 2. The molecular formula is C44H51F2NO8. The monoisotopic (exact) mass is 759 g/mol. The fourth-order valence-corrected chi connectivity index (χ4v) is 8.61. The summed E-state index contributed by atoms with van der Waals surface area (Å²) >= 11 is 0. The maximum Gasteiger partial charge on any atom is 0.335 e. The molecule has 2 fully saturated rings. The highest BCUT2D eigenvalue weighted by Gasteiger charge is 2.52. The van der Waals surface area contributed by atoms with E-state index in [0.29, 0.717) is 72.3 Å². The summed E-state index contributed by atoms with van der Waals surface area (Å²) in [7, 11) is 1.56. The number of rotatable bonds is 12. The topological polar surface area (TPSA) is 128 Å². The number of amides is 1. The lowest BCUT2D eigenvalue weighted by Gasteiger charge is -2.41. The van der Waals surface area contributed by atoms with Crippen molar-refractivity contribution in [2.45, 2.75) is 83.8 Å². The Bertz CT molecular complexity index is 1950. The Morgan fingerprint density at radius 2 is 1.40 bits per heavy atom. The van der Waals surface area contributed by atoms with Crippen molar-refractivity contribution in [3.8, 4) is 0 Å². The van der Waals surface area contributed by atoms with E-state index in [9.17, 15) is 33.1 Å². The van der Waals surface area contributed by atoms with E-state index in [-0.39, 0.29) is 65.7 Å². The zero-order chi connectivity index (χ0) is 40.2. The third-order valence-corrected chi connectivity index (χ3v) is 11.8. The largest absolute Gasteiger partial charge is 0.478 e. The minimum Gasteiger partial charge on any atom is -0.478 e. The molecule has 2 aliphatic heterocycles. The zero-order valence-electron chi connectivity index (χ0n) is 32.3. The van der Waals surface area contributed by atoms with Gasteiger partial charge in [-0.25, -0.2) is 13.6 Å². The third-order valence-electron chi connectivity index (χ3n) is 11.8. The first kappa shape index (κ1) is 41.4. The molecule has 2 aliphatic carbocycles. The van der Waals surface area contributed by atoms with E-state index < -0.39 is 23.0 Å². The Balaban J connectivity index is 0.000000211. The molecule has 0 aromatic heterocycles. The van der Waals surface area contributed by atoms with Crippen LogP contribution in [0.3, 0.4) is 0 Å². The number of carboxylic acid groups (broad SMARTS) is 1. The SMILES string of the molecule is C=CC[C@H]1C[C@]2([C@@H](C)Cc3cc(C(=O)NC)c(C)cc3F)OCCC2=CC1=O.C=CC[C@H]1C[C@]2([C@@H](C)Cc3cc(C(=O)O)c(C)cc3F)OCOC2=CC1=O. The molecule has 1 amide bonds. The Labute approximate surface area is 321 Å². The molecular weight excluding hydrogens is 708 g/mol. The van der Waals surface area contributed by atoms with Crippen LogP contribution >= 0.6 is 0 Å². The molecule has 2 saturated heterocycles. The molecule has 0 radical (unpaired) electrons. The van der Waals surface area contributed by atoms with Gasteiger partial charge in [-0.3, -0.25) is 14.4 Å². The number of allylic oxidation sites excluding steroid dienone is 4. The normalized spacial score (nSPS) is 25.2. The summed E-state index contributed by atoms with van der Waals surface area (Å²) in [6.45, 7) is 15.3. The van der Waals surface area contributed by atoms with Crippen LogP contribution in [0.5, 0.6) is 0 Å². The van der Waals surface area contributed by atoms with E-state index in [4.69, 9.17) is 14.2 Å². The number of aryl methyl sites for hydroxylation is 2. The highest BCUT2D eigenvalue weighted by Crippen LogP contribution is 2.48. The van der Waals surface area contributed by atoms with Crippen LogP contribution in [0.1, 0.15) is 88.9 Å². The third kappa shape index (κ3) is 8.28. The van der Waals surface area contributed by atoms with Gasteiger partial charge >= 0.3 is 5.97 Å². The molecule has 294 valence electrons. The van der Waals surface area contributed by atoms with E-state index in [2.05, 4.69) is 18.5 Å². The molecule has 11 heteroatoms. The number of halogens is 2. The van der Waals surface area contributed by atoms with Gasteiger partial charge in [0.05, 0.1) is 17.8 Å². The molecule has 2 N–H and O–H groups in total. The Morgan fingerprint density at radius 1 is 0.873 bits per heavy atom. The number of ketones is 2. The quantitative estimate of drug-likeness (QED) is 0.211. The summed E-state index contributed by atoms with van der Waals surface area (Å²) in [6, 6.07) is 5.69. The van der Waals surface area contributed by atoms with Crippen LogP contribution in [0, 0.1) is 49.2 Å². The molecule has 2 heterocycles. The fraction of sp³-hybridized carbons (Fsp3) is 0.455. The lowest BCUT2D eigenvalue weighted by atomic mass is 9.68. The highest BCUT2D eigenvalue weighted by atomic mass is 19.1. The Morgan fingerprint density at radius 3 is 1.96 bits per heavy atom. The molecule has 0 bridgehead atoms. The van der Waals surface area contributed by atoms with Crippen LogP contribution in [-0.2, 0) is 36.6 Å². The van der Waals surface area contributed by atoms with Crippen molar-refractivity contribution < 1.29 is 47.3 Å². The number of carbonyl (C=O) groups is 4. The maximum atomic E-state index is 14.7. The number of carboxylic acids is 1. The van der Waals surface area contributed by atoms with Gasteiger partial charge in [-0.2, -0.15) is 0 Å². The number of aromatic carboxylic acids is 1. The lowest BCUT2D eigenvalue weighted by Crippen LogP contribution is -2.45. The molecule has 4 aliphatic rings. The second-order valence-corrected chi connectivity index (χ2v) is 15.2. The van der Waals surface area contributed by atoms with E-state index >= 15 is 0 Å². The van der Waals surface area contributed by atoms with Crippen molar-refractivity contribution in [3.63, 3.8) is 0 Å². The standard InChI is InChI=1S/C23H28FNO3.C21H23FO5/c1-5-6-16-13-23(18(7-8-28-23)12-21(16)26)15(3)10-17-11-19(22(27)25-4)14(2)9-20(17)24;1-4-5-14-10-21(19(9-18(14)23)26-11-27-21)13(3)7-15-8-16(20(24)25)12(2)6-17(15)22/h5,9,11-12,15-16H,1,6-8,10,13H2,2-4H3,(H,25,27);4,6,8-9,13-14H,1,5,7,10-11H2,2-3H3,(H,24,25)/t15-,16-,23+;13-,14-,21+/m00/s1. The van der Waals surface area contributed by atoms with E-state index in [1.54, 1.807) is 45.2 Å². The average Bonchev–Trinajstić information content (AvgIpc) is 3.75. The summed E-state index contributed by atoms with van der Waals surface area (Å²) in [5.74, 6) is -2.13. The molecule has 6 rings (SSSR count). The highest BCUT2D eigenvalue weighted by molar-refractivity contribution is 5.96. The van der Waals surface area contributed by atoms with E-state index in [1.165, 1.54) is 24.3 Å². The number of hydrogen-bond donors (Lipinski definition) is 2. The lowest BCUT2D eigenvalue weighted by molar-refractivity contribution is -0.123. The first-order chi connectivity index (χ1) is 26.1. The van der Waals surface area contributed by atoms with Crippen molar-refractivity contribution in [1.82, 2.24) is 5.32 Å². The number of carbonyl (C=O) groups excluding carboxylic acids is 3. The Kier molecular flexibility index (Phi) is 12.8. The number of nitrogens with one attached hydrogen (secondary N) is 1. The minimum atomic E-state index is -1.09.